The quantitative estimate of drug-likeness (QED) is 0.648. The van der Waals surface area contributed by atoms with Gasteiger partial charge in [0.25, 0.3) is 0 Å². The summed E-state index contributed by atoms with van der Waals surface area (Å²) >= 11 is 0. The summed E-state index contributed by atoms with van der Waals surface area (Å²) < 4.78 is 0. The summed E-state index contributed by atoms with van der Waals surface area (Å²) in [4.78, 5) is 11.2. The molecule has 0 aromatic heterocycles. The number of carbonyl (C=O) groups excluding carboxylic acids is 1. The first kappa shape index (κ1) is 11.0. The molecular weight excluding hydrogens is 152 g/mol. The molecule has 0 bridgehead atoms. The highest BCUT2D eigenvalue weighted by molar-refractivity contribution is 5.81. The van der Waals surface area contributed by atoms with E-state index in [-0.39, 0.29) is 11.3 Å². The van der Waals surface area contributed by atoms with Crippen molar-refractivity contribution in [2.45, 2.75) is 33.6 Å². The molecule has 1 N–H and O–H groups in total. The number of hydrogen-bond acceptors (Lipinski definition) is 2. The number of nitriles is 1. The highest BCUT2D eigenvalue weighted by Gasteiger charge is 2.19. The molecule has 0 saturated heterocycles. The fourth-order valence-corrected chi connectivity index (χ4v) is 0.635. The number of carbonyl (C=O) groups is 1. The predicted octanol–water partition coefficient (Wildman–Crippen LogP) is 1.45. The Hall–Kier alpha value is -1.04. The van der Waals surface area contributed by atoms with E-state index in [1.54, 1.807) is 0 Å². The normalized spacial score (nSPS) is 10.5. The van der Waals surface area contributed by atoms with E-state index in [9.17, 15) is 4.79 Å². The first-order valence-corrected chi connectivity index (χ1v) is 4.13. The molecule has 0 rings (SSSR count). The van der Waals surface area contributed by atoms with Crippen LogP contribution in [0.1, 0.15) is 33.6 Å². The number of rotatable bonds is 3. The van der Waals surface area contributed by atoms with Gasteiger partial charge in [-0.3, -0.25) is 4.79 Å². The molecule has 0 spiro atoms. The topological polar surface area (TPSA) is 52.9 Å². The summed E-state index contributed by atoms with van der Waals surface area (Å²) in [6, 6.07) is 2.03. The Morgan fingerprint density at radius 2 is 2.08 bits per heavy atom. The summed E-state index contributed by atoms with van der Waals surface area (Å²) in [5.41, 5.74) is -0.327. The molecule has 0 heterocycles. The molecule has 3 heteroatoms. The molecule has 12 heavy (non-hydrogen) atoms. The SMILES string of the molecule is CC(C)(C)C(=O)NCCCC#N. The number of unbranched alkanes of at least 4 members (excludes halogenated alkanes) is 1. The molecule has 0 aromatic carbocycles. The third-order valence-electron chi connectivity index (χ3n) is 1.43. The van der Waals surface area contributed by atoms with Gasteiger partial charge in [0.05, 0.1) is 6.07 Å². The van der Waals surface area contributed by atoms with Gasteiger partial charge in [0.2, 0.25) is 5.91 Å². The van der Waals surface area contributed by atoms with Crippen LogP contribution in [0.4, 0.5) is 0 Å². The summed E-state index contributed by atoms with van der Waals surface area (Å²) in [7, 11) is 0. The van der Waals surface area contributed by atoms with Crippen LogP contribution >= 0.6 is 0 Å². The second-order valence-electron chi connectivity index (χ2n) is 3.77. The third kappa shape index (κ3) is 4.73. The molecule has 0 atom stereocenters. The van der Waals surface area contributed by atoms with Crippen LogP contribution in [0.5, 0.6) is 0 Å². The van der Waals surface area contributed by atoms with Crippen LogP contribution in [-0.2, 0) is 4.79 Å². The lowest BCUT2D eigenvalue weighted by Gasteiger charge is -2.17. The largest absolute Gasteiger partial charge is 0.356 e. The Bertz CT molecular complexity index is 186. The highest BCUT2D eigenvalue weighted by Crippen LogP contribution is 2.12. The van der Waals surface area contributed by atoms with E-state index in [1.807, 2.05) is 26.8 Å². The van der Waals surface area contributed by atoms with Gasteiger partial charge in [0.1, 0.15) is 0 Å². The van der Waals surface area contributed by atoms with Crippen LogP contribution < -0.4 is 5.32 Å². The van der Waals surface area contributed by atoms with Crippen molar-refractivity contribution in [3.8, 4) is 6.07 Å². The van der Waals surface area contributed by atoms with Crippen molar-refractivity contribution in [1.82, 2.24) is 5.32 Å². The zero-order valence-electron chi connectivity index (χ0n) is 7.98. The van der Waals surface area contributed by atoms with Gasteiger partial charge in [-0.25, -0.2) is 0 Å². The fourth-order valence-electron chi connectivity index (χ4n) is 0.635. The minimum atomic E-state index is -0.327. The number of nitrogens with one attached hydrogen (secondary N) is 1. The maximum atomic E-state index is 11.2. The average Bonchev–Trinajstić information content (AvgIpc) is 1.96. The van der Waals surface area contributed by atoms with Crippen molar-refractivity contribution in [1.29, 1.82) is 5.26 Å². The maximum Gasteiger partial charge on any atom is 0.225 e. The molecule has 0 unspecified atom stereocenters. The van der Waals surface area contributed by atoms with Gasteiger partial charge < -0.3 is 5.32 Å². The van der Waals surface area contributed by atoms with Gasteiger partial charge in [0.15, 0.2) is 0 Å². The molecule has 0 fully saturated rings. The van der Waals surface area contributed by atoms with Crippen molar-refractivity contribution in [3.63, 3.8) is 0 Å². The standard InChI is InChI=1S/C9H16N2O/c1-9(2,3)8(12)11-7-5-4-6-10/h4-5,7H2,1-3H3,(H,11,12). The summed E-state index contributed by atoms with van der Waals surface area (Å²) in [6.07, 6.45) is 1.24. The number of amides is 1. The molecule has 0 radical (unpaired) electrons. The Kier molecular flexibility index (Phi) is 4.35. The van der Waals surface area contributed by atoms with Crippen LogP contribution in [0.2, 0.25) is 0 Å². The van der Waals surface area contributed by atoms with Gasteiger partial charge in [0, 0.05) is 18.4 Å². The maximum absolute atomic E-state index is 11.2. The minimum Gasteiger partial charge on any atom is -0.356 e. The van der Waals surface area contributed by atoms with Crippen LogP contribution in [0.25, 0.3) is 0 Å². The van der Waals surface area contributed by atoms with Crippen LogP contribution in [0, 0.1) is 16.7 Å². The van der Waals surface area contributed by atoms with E-state index >= 15 is 0 Å². The van der Waals surface area contributed by atoms with Crippen molar-refractivity contribution in [3.05, 3.63) is 0 Å². The Balaban J connectivity index is 3.53. The summed E-state index contributed by atoms with van der Waals surface area (Å²) in [5.74, 6) is 0.0421. The number of nitrogens with zero attached hydrogens (tertiary/aromatic N) is 1. The van der Waals surface area contributed by atoms with E-state index in [4.69, 9.17) is 5.26 Å². The zero-order valence-corrected chi connectivity index (χ0v) is 7.98. The van der Waals surface area contributed by atoms with E-state index in [0.29, 0.717) is 13.0 Å². The number of hydrogen-bond donors (Lipinski definition) is 1. The first-order valence-electron chi connectivity index (χ1n) is 4.13. The highest BCUT2D eigenvalue weighted by atomic mass is 16.2. The molecular formula is C9H16N2O. The van der Waals surface area contributed by atoms with Gasteiger partial charge in [-0.05, 0) is 6.42 Å². The van der Waals surface area contributed by atoms with E-state index in [2.05, 4.69) is 5.32 Å². The fraction of sp³-hybridized carbons (Fsp3) is 0.778. The Morgan fingerprint density at radius 1 is 1.50 bits per heavy atom. The Labute approximate surface area is 73.8 Å². The molecule has 0 aliphatic rings. The third-order valence-corrected chi connectivity index (χ3v) is 1.43. The molecule has 0 aliphatic carbocycles. The molecule has 3 nitrogen and oxygen atoms in total. The smallest absolute Gasteiger partial charge is 0.225 e. The average molecular weight is 168 g/mol. The van der Waals surface area contributed by atoms with Gasteiger partial charge in [-0.1, -0.05) is 20.8 Å². The Morgan fingerprint density at radius 3 is 2.50 bits per heavy atom. The van der Waals surface area contributed by atoms with Gasteiger partial charge in [-0.2, -0.15) is 5.26 Å². The molecule has 0 saturated carbocycles. The molecule has 0 aromatic rings. The monoisotopic (exact) mass is 168 g/mol. The second kappa shape index (κ2) is 4.76. The minimum absolute atomic E-state index is 0.0421. The summed E-state index contributed by atoms with van der Waals surface area (Å²) in [6.45, 7) is 6.20. The van der Waals surface area contributed by atoms with Crippen molar-refractivity contribution in [2.24, 2.45) is 5.41 Å². The van der Waals surface area contributed by atoms with Crippen molar-refractivity contribution in [2.75, 3.05) is 6.54 Å². The van der Waals surface area contributed by atoms with Crippen LogP contribution in [0.3, 0.4) is 0 Å². The van der Waals surface area contributed by atoms with Crippen LogP contribution in [0.15, 0.2) is 0 Å². The second-order valence-corrected chi connectivity index (χ2v) is 3.77. The van der Waals surface area contributed by atoms with E-state index in [0.717, 1.165) is 6.42 Å². The van der Waals surface area contributed by atoms with Crippen molar-refractivity contribution >= 4 is 5.91 Å². The van der Waals surface area contributed by atoms with Gasteiger partial charge >= 0.3 is 0 Å². The van der Waals surface area contributed by atoms with E-state index in [1.165, 1.54) is 0 Å². The summed E-state index contributed by atoms with van der Waals surface area (Å²) in [5, 5.41) is 11.0. The predicted molar refractivity (Wildman–Crippen MR) is 47.3 cm³/mol. The lowest BCUT2D eigenvalue weighted by molar-refractivity contribution is -0.128. The zero-order chi connectivity index (χ0) is 9.61. The van der Waals surface area contributed by atoms with Crippen molar-refractivity contribution < 1.29 is 4.79 Å². The molecule has 68 valence electrons. The van der Waals surface area contributed by atoms with E-state index < -0.39 is 0 Å². The lowest BCUT2D eigenvalue weighted by atomic mass is 9.96. The van der Waals surface area contributed by atoms with Crippen LogP contribution in [-0.4, -0.2) is 12.5 Å². The molecule has 1 amide bonds. The van der Waals surface area contributed by atoms with Gasteiger partial charge in [-0.15, -0.1) is 0 Å². The first-order chi connectivity index (χ1) is 5.48. The molecule has 0 aliphatic heterocycles. The lowest BCUT2D eigenvalue weighted by Crippen LogP contribution is -2.35.